The zero-order valence-corrected chi connectivity index (χ0v) is 23.5. The van der Waals surface area contributed by atoms with Gasteiger partial charge in [0.15, 0.2) is 21.8 Å². The molecule has 1 atom stereocenters. The van der Waals surface area contributed by atoms with Crippen molar-refractivity contribution in [1.82, 2.24) is 34.7 Å². The first-order valence-electron chi connectivity index (χ1n) is 13.2. The molecule has 12 heteroatoms. The number of carbonyl (C=O) groups excluding carboxylic acids is 1. The summed E-state index contributed by atoms with van der Waals surface area (Å²) in [6, 6.07) is 8.40. The van der Waals surface area contributed by atoms with Crippen molar-refractivity contribution in [3.8, 4) is 33.1 Å². The summed E-state index contributed by atoms with van der Waals surface area (Å²) in [5.41, 5.74) is 3.81. The second-order valence-electron chi connectivity index (χ2n) is 10.2. The highest BCUT2D eigenvalue weighted by Crippen LogP contribution is 2.34. The van der Waals surface area contributed by atoms with Crippen molar-refractivity contribution in [1.29, 1.82) is 0 Å². The van der Waals surface area contributed by atoms with Gasteiger partial charge in [0.1, 0.15) is 10.8 Å². The minimum atomic E-state index is -1.59. The molecule has 2 fully saturated rings. The second-order valence-corrected chi connectivity index (χ2v) is 12.6. The van der Waals surface area contributed by atoms with Crippen LogP contribution in [-0.2, 0) is 22.8 Å². The molecule has 1 aromatic carbocycles. The average molecular weight is 563 g/mol. The third kappa shape index (κ3) is 5.97. The van der Waals surface area contributed by atoms with Crippen LogP contribution in [0.15, 0.2) is 42.9 Å². The number of hydrogen-bond donors (Lipinski definition) is 2. The molecule has 6 rings (SSSR count). The lowest BCUT2D eigenvalue weighted by Gasteiger charge is -2.30. The number of rotatable bonds is 8. The minimum Gasteiger partial charge on any atom is -0.367 e. The van der Waals surface area contributed by atoms with Crippen LogP contribution in [0.1, 0.15) is 43.5 Å². The minimum absolute atomic E-state index is 0.00392. The number of aryl methyl sites for hydroxylation is 2. The fourth-order valence-corrected chi connectivity index (χ4v) is 6.73. The van der Waals surface area contributed by atoms with Gasteiger partial charge in [-0.25, -0.2) is 18.9 Å². The standard InChI is InChI=1S/C27H30N8O2S2/c1-16-32-33-26(38-16)23-14-28-24(19-5-3-4-18(12-19)20-13-29-35(2)15-20)31-25(23)30-21-8-10-22(11-9-21)34-39(37)27(36)17-6-7-17/h3-5,12-15,17,21-22,34H,6-11H2,1-2H3,(H,28,30,31). The Kier molecular flexibility index (Phi) is 7.32. The van der Waals surface area contributed by atoms with Crippen molar-refractivity contribution in [2.24, 2.45) is 13.0 Å². The first-order chi connectivity index (χ1) is 18.9. The maximum atomic E-state index is 12.4. The fraction of sp³-hybridized carbons (Fsp3) is 0.407. The van der Waals surface area contributed by atoms with Crippen molar-refractivity contribution in [3.63, 3.8) is 0 Å². The number of carbonyl (C=O) groups is 1. The molecule has 0 radical (unpaired) electrons. The summed E-state index contributed by atoms with van der Waals surface area (Å²) >= 11 is 1.51. The summed E-state index contributed by atoms with van der Waals surface area (Å²) < 4.78 is 17.2. The molecule has 1 unspecified atom stereocenters. The highest BCUT2D eigenvalue weighted by atomic mass is 32.2. The fourth-order valence-electron chi connectivity index (χ4n) is 4.83. The van der Waals surface area contributed by atoms with Crippen LogP contribution in [0.3, 0.4) is 0 Å². The molecule has 2 N–H and O–H groups in total. The lowest BCUT2D eigenvalue weighted by Crippen LogP contribution is -2.40. The quantitative estimate of drug-likeness (QED) is 0.326. The molecule has 3 aromatic heterocycles. The zero-order chi connectivity index (χ0) is 26.9. The Balaban J connectivity index is 1.21. The summed E-state index contributed by atoms with van der Waals surface area (Å²) in [7, 11) is 0.308. The predicted molar refractivity (Wildman–Crippen MR) is 152 cm³/mol. The maximum absolute atomic E-state index is 12.4. The summed E-state index contributed by atoms with van der Waals surface area (Å²) in [5.74, 6) is 1.35. The normalized spacial score (nSPS) is 20.1. The molecule has 0 aliphatic heterocycles. The van der Waals surface area contributed by atoms with Crippen LogP contribution in [-0.4, -0.2) is 51.4 Å². The molecule has 0 saturated heterocycles. The Hall–Kier alpha value is -3.35. The summed E-state index contributed by atoms with van der Waals surface area (Å²) in [6.45, 7) is 1.93. The van der Waals surface area contributed by atoms with Crippen molar-refractivity contribution in [2.45, 2.75) is 57.5 Å². The second kappa shape index (κ2) is 11.0. The van der Waals surface area contributed by atoms with Gasteiger partial charge in [-0.05, 0) is 57.1 Å². The first kappa shape index (κ1) is 25.9. The van der Waals surface area contributed by atoms with E-state index in [1.165, 1.54) is 11.3 Å². The Morgan fingerprint density at radius 2 is 1.79 bits per heavy atom. The lowest BCUT2D eigenvalue weighted by molar-refractivity contribution is -0.112. The molecule has 202 valence electrons. The van der Waals surface area contributed by atoms with Crippen molar-refractivity contribution < 1.29 is 9.00 Å². The number of nitrogens with one attached hydrogen (secondary N) is 2. The monoisotopic (exact) mass is 562 g/mol. The van der Waals surface area contributed by atoms with Gasteiger partial charge in [0, 0.05) is 48.6 Å². The van der Waals surface area contributed by atoms with Gasteiger partial charge >= 0.3 is 0 Å². The third-order valence-corrected chi connectivity index (χ3v) is 9.26. The third-order valence-electron chi connectivity index (χ3n) is 7.14. The van der Waals surface area contributed by atoms with E-state index in [4.69, 9.17) is 9.97 Å². The SMILES string of the molecule is Cc1nnc(-c2cnc(-c3cccc(-c4cnn(C)c4)c3)nc2NC2CCC(NS(=O)C(=O)C3CC3)CC2)s1. The average Bonchev–Trinajstić information content (AvgIpc) is 3.57. The van der Waals surface area contributed by atoms with Gasteiger partial charge in [0.2, 0.25) is 5.12 Å². The van der Waals surface area contributed by atoms with E-state index >= 15 is 0 Å². The summed E-state index contributed by atoms with van der Waals surface area (Å²) in [4.78, 5) is 21.8. The highest BCUT2D eigenvalue weighted by molar-refractivity contribution is 7.98. The Morgan fingerprint density at radius 1 is 1.03 bits per heavy atom. The highest BCUT2D eigenvalue weighted by Gasteiger charge is 2.35. The van der Waals surface area contributed by atoms with Gasteiger partial charge in [-0.2, -0.15) is 5.10 Å². The molecule has 0 amide bonds. The van der Waals surface area contributed by atoms with Crippen LogP contribution in [0.2, 0.25) is 0 Å². The first-order valence-corrected chi connectivity index (χ1v) is 15.1. The van der Waals surface area contributed by atoms with E-state index in [0.717, 1.165) is 76.6 Å². The predicted octanol–water partition coefficient (Wildman–Crippen LogP) is 4.28. The van der Waals surface area contributed by atoms with E-state index in [-0.39, 0.29) is 23.1 Å². The van der Waals surface area contributed by atoms with Crippen LogP contribution in [0.25, 0.3) is 33.1 Å². The molecule has 2 aliphatic rings. The molecule has 2 aliphatic carbocycles. The van der Waals surface area contributed by atoms with Gasteiger partial charge in [0.05, 0.1) is 11.8 Å². The van der Waals surface area contributed by atoms with Gasteiger partial charge in [-0.15, -0.1) is 10.2 Å². The van der Waals surface area contributed by atoms with E-state index in [9.17, 15) is 9.00 Å². The van der Waals surface area contributed by atoms with Crippen LogP contribution in [0.5, 0.6) is 0 Å². The number of benzene rings is 1. The van der Waals surface area contributed by atoms with Gasteiger partial charge in [0.25, 0.3) is 0 Å². The van der Waals surface area contributed by atoms with Crippen molar-refractivity contribution >= 4 is 33.3 Å². The Morgan fingerprint density at radius 3 is 2.49 bits per heavy atom. The molecular weight excluding hydrogens is 532 g/mol. The van der Waals surface area contributed by atoms with Crippen LogP contribution < -0.4 is 10.0 Å². The number of aromatic nitrogens is 6. The van der Waals surface area contributed by atoms with E-state index in [1.54, 1.807) is 4.68 Å². The van der Waals surface area contributed by atoms with E-state index in [1.807, 2.05) is 44.7 Å². The van der Waals surface area contributed by atoms with Gasteiger partial charge < -0.3 is 5.32 Å². The lowest BCUT2D eigenvalue weighted by atomic mass is 9.92. The van der Waals surface area contributed by atoms with Gasteiger partial charge in [-0.3, -0.25) is 9.48 Å². The Bertz CT molecular complexity index is 1520. The van der Waals surface area contributed by atoms with Crippen LogP contribution in [0, 0.1) is 12.8 Å². The van der Waals surface area contributed by atoms with Crippen molar-refractivity contribution in [3.05, 3.63) is 47.9 Å². The van der Waals surface area contributed by atoms with Crippen LogP contribution in [0.4, 0.5) is 5.82 Å². The molecule has 4 aromatic rings. The molecule has 2 saturated carbocycles. The maximum Gasteiger partial charge on any atom is 0.237 e. The topological polar surface area (TPSA) is 128 Å². The summed E-state index contributed by atoms with van der Waals surface area (Å²) in [5, 5.41) is 18.0. The summed E-state index contributed by atoms with van der Waals surface area (Å²) in [6.07, 6.45) is 10.8. The van der Waals surface area contributed by atoms with Gasteiger partial charge in [-0.1, -0.05) is 29.5 Å². The molecule has 0 bridgehead atoms. The molecule has 0 spiro atoms. The molecule has 10 nitrogen and oxygen atoms in total. The largest absolute Gasteiger partial charge is 0.367 e. The molecule has 39 heavy (non-hydrogen) atoms. The number of nitrogens with zero attached hydrogens (tertiary/aromatic N) is 6. The smallest absolute Gasteiger partial charge is 0.237 e. The Labute approximate surface area is 233 Å². The number of hydrogen-bond acceptors (Lipinski definition) is 9. The van der Waals surface area contributed by atoms with Crippen molar-refractivity contribution in [2.75, 3.05) is 5.32 Å². The number of anilines is 1. The zero-order valence-electron chi connectivity index (χ0n) is 21.8. The van der Waals surface area contributed by atoms with Crippen LogP contribution >= 0.6 is 11.3 Å². The van der Waals surface area contributed by atoms with E-state index in [0.29, 0.717) is 5.82 Å². The van der Waals surface area contributed by atoms with E-state index < -0.39 is 11.0 Å². The molecular formula is C27H30N8O2S2. The van der Waals surface area contributed by atoms with E-state index in [2.05, 4.69) is 37.5 Å². The molecule has 3 heterocycles.